The Hall–Kier alpha value is -2.90. The predicted molar refractivity (Wildman–Crippen MR) is 101 cm³/mol. The molecule has 27 heavy (non-hydrogen) atoms. The zero-order valence-corrected chi connectivity index (χ0v) is 15.0. The smallest absolute Gasteiger partial charge is 0.412 e. The highest BCUT2D eigenvalue weighted by Gasteiger charge is 2.04. The molecule has 0 aliphatic heterocycles. The van der Waals surface area contributed by atoms with Gasteiger partial charge in [-0.2, -0.15) is 0 Å². The number of carbonyl (C=O) groups excluding carboxylic acids is 2. The van der Waals surface area contributed by atoms with Gasteiger partial charge in [0.2, 0.25) is 0 Å². The highest BCUT2D eigenvalue weighted by molar-refractivity contribution is 5.84. The summed E-state index contributed by atoms with van der Waals surface area (Å²) in [6.07, 6.45) is 0.565. The third kappa shape index (κ3) is 7.89. The van der Waals surface area contributed by atoms with E-state index < -0.39 is 12.1 Å². The molecule has 0 fully saturated rings. The van der Waals surface area contributed by atoms with Gasteiger partial charge in [0.05, 0.1) is 26.4 Å². The van der Waals surface area contributed by atoms with E-state index >= 15 is 0 Å². The molecule has 0 bridgehead atoms. The number of rotatable bonds is 11. The summed E-state index contributed by atoms with van der Waals surface area (Å²) in [6.45, 7) is 5.15. The van der Waals surface area contributed by atoms with Crippen molar-refractivity contribution < 1.29 is 28.5 Å². The van der Waals surface area contributed by atoms with Crippen molar-refractivity contribution in [1.29, 1.82) is 0 Å². The molecule has 2 rings (SSSR count). The zero-order valence-electron chi connectivity index (χ0n) is 15.0. The lowest BCUT2D eigenvalue weighted by Gasteiger charge is -2.08. The summed E-state index contributed by atoms with van der Waals surface area (Å²) in [5.74, 6) is 0.00849. The molecule has 1 amide bonds. The van der Waals surface area contributed by atoms with E-state index in [4.69, 9.17) is 18.9 Å². The molecule has 0 spiro atoms. The van der Waals surface area contributed by atoms with Crippen molar-refractivity contribution in [3.63, 3.8) is 0 Å². The topological polar surface area (TPSA) is 83.1 Å². The fourth-order valence-corrected chi connectivity index (χ4v) is 2.18. The monoisotopic (exact) mass is 373 g/mol. The molecule has 0 heterocycles. The first-order valence-corrected chi connectivity index (χ1v) is 8.58. The van der Waals surface area contributed by atoms with Gasteiger partial charge in [0.1, 0.15) is 12.4 Å². The van der Waals surface area contributed by atoms with Crippen LogP contribution in [-0.4, -0.2) is 51.6 Å². The van der Waals surface area contributed by atoms with Gasteiger partial charge in [0.25, 0.3) is 0 Å². The van der Waals surface area contributed by atoms with E-state index in [-0.39, 0.29) is 6.61 Å². The van der Waals surface area contributed by atoms with Gasteiger partial charge in [0, 0.05) is 12.6 Å². The second-order valence-electron chi connectivity index (χ2n) is 5.42. The Labute approximate surface area is 157 Å². The van der Waals surface area contributed by atoms with Gasteiger partial charge in [-0.1, -0.05) is 36.9 Å². The van der Waals surface area contributed by atoms with Gasteiger partial charge in [-0.15, -0.1) is 0 Å². The van der Waals surface area contributed by atoms with Crippen LogP contribution in [0.2, 0.25) is 0 Å². The second kappa shape index (κ2) is 11.7. The van der Waals surface area contributed by atoms with Crippen LogP contribution < -0.4 is 10.1 Å². The Bertz CT molecular complexity index is 761. The highest BCUT2D eigenvalue weighted by atomic mass is 16.6. The second-order valence-corrected chi connectivity index (χ2v) is 5.42. The van der Waals surface area contributed by atoms with Gasteiger partial charge in [0.15, 0.2) is 0 Å². The molecule has 0 unspecified atom stereocenters. The number of hydrogen-bond acceptors (Lipinski definition) is 6. The summed E-state index contributed by atoms with van der Waals surface area (Å²) in [6, 6.07) is 13.3. The maximum atomic E-state index is 11.8. The molecule has 7 nitrogen and oxygen atoms in total. The number of ether oxygens (including phenoxy) is 4. The number of benzene rings is 2. The van der Waals surface area contributed by atoms with Gasteiger partial charge >= 0.3 is 12.1 Å². The zero-order chi connectivity index (χ0) is 19.3. The lowest BCUT2D eigenvalue weighted by atomic mass is 10.1. The summed E-state index contributed by atoms with van der Waals surface area (Å²) in [4.78, 5) is 22.6. The number of esters is 1. The average Bonchev–Trinajstić information content (AvgIpc) is 2.69. The van der Waals surface area contributed by atoms with Crippen molar-refractivity contribution in [2.45, 2.75) is 0 Å². The first kappa shape index (κ1) is 20.4. The average molecular weight is 373 g/mol. The molecular weight excluding hydrogens is 350 g/mol. The van der Waals surface area contributed by atoms with E-state index in [9.17, 15) is 9.59 Å². The fraction of sp³-hybridized carbons (Fsp3) is 0.300. The minimum atomic E-state index is -0.533. The van der Waals surface area contributed by atoms with Crippen LogP contribution in [0.4, 0.5) is 4.79 Å². The molecule has 7 heteroatoms. The van der Waals surface area contributed by atoms with E-state index in [0.717, 1.165) is 16.8 Å². The molecule has 0 atom stereocenters. The fourth-order valence-electron chi connectivity index (χ4n) is 2.18. The normalized spacial score (nSPS) is 10.4. The number of hydrogen-bond donors (Lipinski definition) is 1. The summed E-state index contributed by atoms with van der Waals surface area (Å²) >= 11 is 0. The van der Waals surface area contributed by atoms with Gasteiger partial charge < -0.3 is 24.3 Å². The summed E-state index contributed by atoms with van der Waals surface area (Å²) < 4.78 is 20.5. The minimum Gasteiger partial charge on any atom is -0.460 e. The van der Waals surface area contributed by atoms with E-state index in [1.54, 1.807) is 6.07 Å². The Kier molecular flexibility index (Phi) is 8.82. The summed E-state index contributed by atoms with van der Waals surface area (Å²) in [5, 5.41) is 4.70. The summed E-state index contributed by atoms with van der Waals surface area (Å²) in [5.41, 5.74) is 0. The molecule has 0 saturated heterocycles. The molecular formula is C20H23NO6. The number of fused-ring (bicyclic) bond motifs is 1. The quantitative estimate of drug-likeness (QED) is 0.370. The third-order valence-electron chi connectivity index (χ3n) is 3.46. The largest absolute Gasteiger partial charge is 0.460 e. The Balaban J connectivity index is 1.51. The molecule has 0 aliphatic rings. The van der Waals surface area contributed by atoms with E-state index in [2.05, 4.69) is 11.9 Å². The number of amides is 1. The SMILES string of the molecule is C=CC(=O)OCCOCCOCCNC(=O)Oc1ccc2ccccc2c1. The van der Waals surface area contributed by atoms with Gasteiger partial charge in [-0.3, -0.25) is 0 Å². The van der Waals surface area contributed by atoms with Crippen LogP contribution in [0.25, 0.3) is 10.8 Å². The van der Waals surface area contributed by atoms with Crippen LogP contribution in [0.15, 0.2) is 55.1 Å². The first-order valence-electron chi connectivity index (χ1n) is 8.58. The van der Waals surface area contributed by atoms with Crippen molar-refractivity contribution in [3.8, 4) is 5.75 Å². The number of nitrogens with one attached hydrogen (secondary N) is 1. The molecule has 2 aromatic carbocycles. The standard InChI is InChI=1S/C20H23NO6/c1-2-19(22)26-14-13-25-12-11-24-10-9-21-20(23)27-18-8-7-16-5-3-4-6-17(16)15-18/h2-8,15H,1,9-14H2,(H,21,23). The van der Waals surface area contributed by atoms with E-state index in [1.165, 1.54) is 0 Å². The summed E-state index contributed by atoms with van der Waals surface area (Å²) in [7, 11) is 0. The van der Waals surface area contributed by atoms with Gasteiger partial charge in [-0.25, -0.2) is 9.59 Å². The highest BCUT2D eigenvalue weighted by Crippen LogP contribution is 2.20. The molecule has 0 radical (unpaired) electrons. The predicted octanol–water partition coefficient (Wildman–Crippen LogP) is 2.69. The molecule has 0 aromatic heterocycles. The molecule has 0 aliphatic carbocycles. The third-order valence-corrected chi connectivity index (χ3v) is 3.46. The van der Waals surface area contributed by atoms with Crippen LogP contribution in [0.3, 0.4) is 0 Å². The maximum absolute atomic E-state index is 11.8. The molecule has 144 valence electrons. The lowest BCUT2D eigenvalue weighted by Crippen LogP contribution is -2.30. The lowest BCUT2D eigenvalue weighted by molar-refractivity contribution is -0.139. The first-order chi connectivity index (χ1) is 13.2. The number of carbonyl (C=O) groups is 2. The van der Waals surface area contributed by atoms with E-state index in [0.29, 0.717) is 38.7 Å². The van der Waals surface area contributed by atoms with Crippen LogP contribution >= 0.6 is 0 Å². The Morgan fingerprint density at radius 3 is 2.41 bits per heavy atom. The molecule has 0 saturated carbocycles. The van der Waals surface area contributed by atoms with Crippen LogP contribution in [0, 0.1) is 0 Å². The molecule has 2 aromatic rings. The van der Waals surface area contributed by atoms with Crippen molar-refractivity contribution in [3.05, 3.63) is 55.1 Å². The van der Waals surface area contributed by atoms with Crippen molar-refractivity contribution in [1.82, 2.24) is 5.32 Å². The molecule has 1 N–H and O–H groups in total. The van der Waals surface area contributed by atoms with Crippen LogP contribution in [-0.2, 0) is 19.0 Å². The van der Waals surface area contributed by atoms with Gasteiger partial charge in [-0.05, 0) is 22.9 Å². The Morgan fingerprint density at radius 2 is 1.63 bits per heavy atom. The van der Waals surface area contributed by atoms with Crippen LogP contribution in [0.1, 0.15) is 0 Å². The minimum absolute atomic E-state index is 0.174. The van der Waals surface area contributed by atoms with Crippen LogP contribution in [0.5, 0.6) is 5.75 Å². The van der Waals surface area contributed by atoms with Crippen molar-refractivity contribution in [2.75, 3.05) is 39.6 Å². The maximum Gasteiger partial charge on any atom is 0.412 e. The van der Waals surface area contributed by atoms with E-state index in [1.807, 2.05) is 36.4 Å². The van der Waals surface area contributed by atoms with Crippen molar-refractivity contribution in [2.24, 2.45) is 0 Å². The van der Waals surface area contributed by atoms with Crippen molar-refractivity contribution >= 4 is 22.8 Å². The Morgan fingerprint density at radius 1 is 0.926 bits per heavy atom.